The second-order valence-corrected chi connectivity index (χ2v) is 4.90. The minimum absolute atomic E-state index is 0.00764. The first-order valence-corrected chi connectivity index (χ1v) is 7.32. The van der Waals surface area contributed by atoms with Crippen LogP contribution < -0.4 is 5.32 Å². The Labute approximate surface area is 120 Å². The molecule has 0 aliphatic carbocycles. The van der Waals surface area contributed by atoms with Gasteiger partial charge in [-0.25, -0.2) is 0 Å². The minimum Gasteiger partial charge on any atom is -0.352 e. The lowest BCUT2D eigenvalue weighted by atomic mass is 10.3. The van der Waals surface area contributed by atoms with Gasteiger partial charge in [0.2, 0.25) is 0 Å². The van der Waals surface area contributed by atoms with Crippen LogP contribution >= 0.6 is 0 Å². The summed E-state index contributed by atoms with van der Waals surface area (Å²) in [6.07, 6.45) is 4.81. The number of amides is 1. The molecule has 0 aliphatic rings. The maximum absolute atomic E-state index is 12.1. The summed E-state index contributed by atoms with van der Waals surface area (Å²) < 4.78 is 1.96. The van der Waals surface area contributed by atoms with Gasteiger partial charge >= 0.3 is 0 Å². The molecule has 0 aromatic carbocycles. The number of pyridine rings is 1. The maximum Gasteiger partial charge on any atom is 0.252 e. The molecule has 0 fully saturated rings. The number of hydrogen-bond acceptors (Lipinski definition) is 2. The van der Waals surface area contributed by atoms with Gasteiger partial charge in [-0.3, -0.25) is 4.79 Å². The van der Waals surface area contributed by atoms with Crippen LogP contribution in [-0.2, 0) is 0 Å². The van der Waals surface area contributed by atoms with Crippen LogP contribution in [0.15, 0.2) is 36.7 Å². The first-order valence-electron chi connectivity index (χ1n) is 7.32. The zero-order chi connectivity index (χ0) is 14.4. The number of rotatable bonds is 7. The quantitative estimate of drug-likeness (QED) is 0.787. The predicted molar refractivity (Wildman–Crippen MR) is 82.1 cm³/mol. The van der Waals surface area contributed by atoms with Crippen molar-refractivity contribution < 1.29 is 4.79 Å². The van der Waals surface area contributed by atoms with Crippen LogP contribution in [0.4, 0.5) is 0 Å². The van der Waals surface area contributed by atoms with Crippen LogP contribution in [0, 0.1) is 0 Å². The molecule has 0 unspecified atom stereocenters. The van der Waals surface area contributed by atoms with Crippen molar-refractivity contribution >= 4 is 11.4 Å². The molecule has 0 bridgehead atoms. The first kappa shape index (κ1) is 14.6. The van der Waals surface area contributed by atoms with E-state index in [9.17, 15) is 4.79 Å². The molecule has 1 amide bonds. The average molecular weight is 273 g/mol. The molecule has 4 nitrogen and oxygen atoms in total. The molecule has 0 spiro atoms. The number of fused-ring (bicyclic) bond motifs is 1. The summed E-state index contributed by atoms with van der Waals surface area (Å²) in [6.45, 7) is 8.21. The Hall–Kier alpha value is -1.81. The molecule has 108 valence electrons. The number of carbonyl (C=O) groups excluding carboxylic acids is 1. The highest BCUT2D eigenvalue weighted by Gasteiger charge is 2.08. The van der Waals surface area contributed by atoms with Crippen LogP contribution in [0.25, 0.3) is 5.52 Å². The molecule has 20 heavy (non-hydrogen) atoms. The van der Waals surface area contributed by atoms with E-state index in [1.807, 2.05) is 41.1 Å². The molecule has 2 rings (SSSR count). The van der Waals surface area contributed by atoms with Gasteiger partial charge in [0.1, 0.15) is 0 Å². The van der Waals surface area contributed by atoms with Gasteiger partial charge in [0.05, 0.1) is 5.56 Å². The van der Waals surface area contributed by atoms with Crippen molar-refractivity contribution in [1.29, 1.82) is 0 Å². The fraction of sp³-hybridized carbons (Fsp3) is 0.438. The van der Waals surface area contributed by atoms with Gasteiger partial charge in [0.15, 0.2) is 0 Å². The fourth-order valence-electron chi connectivity index (χ4n) is 2.33. The SMILES string of the molecule is CCN(CC)CCCNC(=O)c1cc2ccccn2c1. The van der Waals surface area contributed by atoms with Crippen molar-refractivity contribution in [3.05, 3.63) is 42.2 Å². The van der Waals surface area contributed by atoms with Gasteiger partial charge in [0.25, 0.3) is 5.91 Å². The maximum atomic E-state index is 12.1. The van der Waals surface area contributed by atoms with E-state index in [-0.39, 0.29) is 5.91 Å². The normalized spacial score (nSPS) is 11.2. The van der Waals surface area contributed by atoms with Crippen molar-refractivity contribution in [2.24, 2.45) is 0 Å². The molecule has 0 saturated carbocycles. The average Bonchev–Trinajstić information content (AvgIpc) is 2.91. The van der Waals surface area contributed by atoms with Crippen LogP contribution in [0.2, 0.25) is 0 Å². The van der Waals surface area contributed by atoms with Crippen LogP contribution in [0.3, 0.4) is 0 Å². The Bertz CT molecular complexity index is 525. The van der Waals surface area contributed by atoms with E-state index < -0.39 is 0 Å². The Morgan fingerprint density at radius 2 is 2.10 bits per heavy atom. The predicted octanol–water partition coefficient (Wildman–Crippen LogP) is 2.40. The lowest BCUT2D eigenvalue weighted by Crippen LogP contribution is -2.29. The second-order valence-electron chi connectivity index (χ2n) is 4.90. The lowest BCUT2D eigenvalue weighted by Gasteiger charge is -2.17. The van der Waals surface area contributed by atoms with E-state index in [1.54, 1.807) is 0 Å². The van der Waals surface area contributed by atoms with Crippen molar-refractivity contribution in [2.75, 3.05) is 26.2 Å². The summed E-state index contributed by atoms with van der Waals surface area (Å²) in [5.41, 5.74) is 1.76. The standard InChI is InChI=1S/C16H23N3O/c1-3-18(4-2)10-7-9-17-16(20)14-12-15-8-5-6-11-19(15)13-14/h5-6,8,11-13H,3-4,7,9-10H2,1-2H3,(H,17,20). The van der Waals surface area contributed by atoms with Gasteiger partial charge in [-0.1, -0.05) is 19.9 Å². The van der Waals surface area contributed by atoms with Crippen LogP contribution in [0.5, 0.6) is 0 Å². The third-order valence-electron chi connectivity index (χ3n) is 3.60. The summed E-state index contributed by atoms with van der Waals surface area (Å²) in [7, 11) is 0. The van der Waals surface area contributed by atoms with Crippen molar-refractivity contribution in [2.45, 2.75) is 20.3 Å². The zero-order valence-corrected chi connectivity index (χ0v) is 12.3. The number of carbonyl (C=O) groups is 1. The van der Waals surface area contributed by atoms with E-state index in [4.69, 9.17) is 0 Å². The Kier molecular flexibility index (Phi) is 5.18. The molecule has 0 aliphatic heterocycles. The van der Waals surface area contributed by atoms with E-state index in [0.717, 1.165) is 43.7 Å². The number of aromatic nitrogens is 1. The summed E-state index contributed by atoms with van der Waals surface area (Å²) in [6, 6.07) is 7.84. The minimum atomic E-state index is 0.00764. The molecule has 0 saturated heterocycles. The third-order valence-corrected chi connectivity index (χ3v) is 3.60. The highest BCUT2D eigenvalue weighted by Crippen LogP contribution is 2.09. The van der Waals surface area contributed by atoms with E-state index >= 15 is 0 Å². The highest BCUT2D eigenvalue weighted by molar-refractivity contribution is 5.95. The molecular weight excluding hydrogens is 250 g/mol. The first-order chi connectivity index (χ1) is 9.74. The summed E-state index contributed by atoms with van der Waals surface area (Å²) in [5, 5.41) is 2.98. The molecule has 1 N–H and O–H groups in total. The molecular formula is C16H23N3O. The van der Waals surface area contributed by atoms with Crippen LogP contribution in [0.1, 0.15) is 30.6 Å². The number of hydrogen-bond donors (Lipinski definition) is 1. The van der Waals surface area contributed by atoms with E-state index in [2.05, 4.69) is 24.1 Å². The third kappa shape index (κ3) is 3.61. The number of nitrogens with zero attached hydrogens (tertiary/aromatic N) is 2. The van der Waals surface area contributed by atoms with Crippen molar-refractivity contribution in [3.63, 3.8) is 0 Å². The van der Waals surface area contributed by atoms with Crippen LogP contribution in [-0.4, -0.2) is 41.4 Å². The van der Waals surface area contributed by atoms with Gasteiger partial charge in [-0.05, 0) is 44.3 Å². The lowest BCUT2D eigenvalue weighted by molar-refractivity contribution is 0.0952. The summed E-state index contributed by atoms with van der Waals surface area (Å²) in [4.78, 5) is 14.4. The highest BCUT2D eigenvalue weighted by atomic mass is 16.1. The molecule has 4 heteroatoms. The van der Waals surface area contributed by atoms with Gasteiger partial charge < -0.3 is 14.6 Å². The Balaban J connectivity index is 1.83. The van der Waals surface area contributed by atoms with Crippen molar-refractivity contribution in [3.8, 4) is 0 Å². The van der Waals surface area contributed by atoms with Crippen molar-refractivity contribution in [1.82, 2.24) is 14.6 Å². The van der Waals surface area contributed by atoms with E-state index in [1.165, 1.54) is 0 Å². The topological polar surface area (TPSA) is 36.8 Å². The van der Waals surface area contributed by atoms with Gasteiger partial charge in [0, 0.05) is 24.5 Å². The molecule has 2 aromatic rings. The molecule has 0 atom stereocenters. The molecule has 2 aromatic heterocycles. The monoisotopic (exact) mass is 273 g/mol. The fourth-order valence-corrected chi connectivity index (χ4v) is 2.33. The largest absolute Gasteiger partial charge is 0.352 e. The molecule has 0 radical (unpaired) electrons. The summed E-state index contributed by atoms with van der Waals surface area (Å²) >= 11 is 0. The summed E-state index contributed by atoms with van der Waals surface area (Å²) in [5.74, 6) is 0.00764. The zero-order valence-electron chi connectivity index (χ0n) is 12.3. The van der Waals surface area contributed by atoms with E-state index in [0.29, 0.717) is 0 Å². The smallest absolute Gasteiger partial charge is 0.252 e. The van der Waals surface area contributed by atoms with Gasteiger partial charge in [-0.15, -0.1) is 0 Å². The molecule has 2 heterocycles. The second kappa shape index (κ2) is 7.10. The Morgan fingerprint density at radius 1 is 1.30 bits per heavy atom. The number of nitrogens with one attached hydrogen (secondary N) is 1. The van der Waals surface area contributed by atoms with Gasteiger partial charge in [-0.2, -0.15) is 0 Å². The Morgan fingerprint density at radius 3 is 2.80 bits per heavy atom.